The number of nitrogens with zero attached hydrogens (tertiary/aromatic N) is 3. The van der Waals surface area contributed by atoms with Gasteiger partial charge in [-0.1, -0.05) is 6.07 Å². The lowest BCUT2D eigenvalue weighted by Gasteiger charge is -2.29. The van der Waals surface area contributed by atoms with Crippen molar-refractivity contribution in [3.63, 3.8) is 0 Å². The summed E-state index contributed by atoms with van der Waals surface area (Å²) in [6.45, 7) is 1.70. The number of piperidine rings is 1. The molecule has 1 aromatic carbocycles. The first-order valence-electron chi connectivity index (χ1n) is 6.65. The standard InChI is InChI=1S/C14H15N3O4/c15-7-12-13(17(19)20)4-1-5-14(12)21-9-11-3-2-6-16(8-11)10-18/h1,4-5,10-11H,2-3,6,8-9H2. The summed E-state index contributed by atoms with van der Waals surface area (Å²) in [6, 6.07) is 6.14. The van der Waals surface area contributed by atoms with Crippen molar-refractivity contribution >= 4 is 12.1 Å². The molecule has 7 heteroatoms. The van der Waals surface area contributed by atoms with Crippen LogP contribution in [-0.4, -0.2) is 35.9 Å². The van der Waals surface area contributed by atoms with Gasteiger partial charge in [-0.2, -0.15) is 5.26 Å². The molecule has 7 nitrogen and oxygen atoms in total. The van der Waals surface area contributed by atoms with Crippen LogP contribution in [-0.2, 0) is 4.79 Å². The molecule has 1 saturated heterocycles. The van der Waals surface area contributed by atoms with E-state index in [0.29, 0.717) is 13.2 Å². The van der Waals surface area contributed by atoms with Crippen LogP contribution in [0.3, 0.4) is 0 Å². The van der Waals surface area contributed by atoms with Crippen molar-refractivity contribution in [2.75, 3.05) is 19.7 Å². The molecule has 0 saturated carbocycles. The van der Waals surface area contributed by atoms with Gasteiger partial charge in [0.15, 0.2) is 5.56 Å². The van der Waals surface area contributed by atoms with Crippen molar-refractivity contribution in [1.29, 1.82) is 5.26 Å². The van der Waals surface area contributed by atoms with Gasteiger partial charge in [-0.3, -0.25) is 14.9 Å². The predicted octanol–water partition coefficient (Wildman–Crippen LogP) is 1.71. The number of nitriles is 1. The number of rotatable bonds is 5. The summed E-state index contributed by atoms with van der Waals surface area (Å²) in [5.41, 5.74) is -0.321. The Morgan fingerprint density at radius 2 is 2.38 bits per heavy atom. The van der Waals surface area contributed by atoms with E-state index >= 15 is 0 Å². The molecular weight excluding hydrogens is 274 g/mol. The van der Waals surface area contributed by atoms with Crippen LogP contribution in [0.5, 0.6) is 5.75 Å². The molecule has 1 fully saturated rings. The first-order chi connectivity index (χ1) is 10.2. The average molecular weight is 289 g/mol. The Kier molecular flexibility index (Phi) is 4.72. The third-order valence-corrected chi connectivity index (χ3v) is 3.49. The normalized spacial score (nSPS) is 17.9. The molecule has 21 heavy (non-hydrogen) atoms. The van der Waals surface area contributed by atoms with Crippen LogP contribution in [0.4, 0.5) is 5.69 Å². The number of likely N-dealkylation sites (tertiary alicyclic amines) is 1. The number of benzene rings is 1. The average Bonchev–Trinajstić information content (AvgIpc) is 2.52. The molecule has 0 aliphatic carbocycles. The molecule has 1 amide bonds. The van der Waals surface area contributed by atoms with Crippen LogP contribution in [0.25, 0.3) is 0 Å². The van der Waals surface area contributed by atoms with Gasteiger partial charge < -0.3 is 9.64 Å². The lowest BCUT2D eigenvalue weighted by molar-refractivity contribution is -0.385. The number of carbonyl (C=O) groups excluding carboxylic acids is 1. The number of nitro benzene ring substituents is 1. The summed E-state index contributed by atoms with van der Waals surface area (Å²) < 4.78 is 5.58. The van der Waals surface area contributed by atoms with E-state index in [1.54, 1.807) is 11.0 Å². The molecular formula is C14H15N3O4. The minimum Gasteiger partial charge on any atom is -0.492 e. The minimum atomic E-state index is -0.597. The SMILES string of the molecule is N#Cc1c(OCC2CCCN(C=O)C2)cccc1[N+](=O)[O-]. The maximum atomic E-state index is 10.9. The Morgan fingerprint density at radius 1 is 1.57 bits per heavy atom. The zero-order valence-corrected chi connectivity index (χ0v) is 11.4. The molecule has 1 aromatic rings. The maximum absolute atomic E-state index is 10.9. The monoisotopic (exact) mass is 289 g/mol. The fourth-order valence-electron chi connectivity index (χ4n) is 2.44. The van der Waals surface area contributed by atoms with Gasteiger partial charge in [-0.15, -0.1) is 0 Å². The predicted molar refractivity (Wildman–Crippen MR) is 73.7 cm³/mol. The highest BCUT2D eigenvalue weighted by atomic mass is 16.6. The molecule has 1 atom stereocenters. The number of hydrogen-bond acceptors (Lipinski definition) is 5. The molecule has 1 aliphatic rings. The Hall–Kier alpha value is -2.62. The number of nitro groups is 1. The lowest BCUT2D eigenvalue weighted by Crippen LogP contribution is -2.36. The van der Waals surface area contributed by atoms with Crippen LogP contribution in [0.2, 0.25) is 0 Å². The number of ether oxygens (including phenoxy) is 1. The van der Waals surface area contributed by atoms with E-state index < -0.39 is 4.92 Å². The van der Waals surface area contributed by atoms with Crippen molar-refractivity contribution in [3.8, 4) is 11.8 Å². The first-order valence-corrected chi connectivity index (χ1v) is 6.65. The topological polar surface area (TPSA) is 96.5 Å². The van der Waals surface area contributed by atoms with Gasteiger partial charge in [0.25, 0.3) is 5.69 Å². The van der Waals surface area contributed by atoms with Crippen LogP contribution in [0, 0.1) is 27.4 Å². The Morgan fingerprint density at radius 3 is 3.05 bits per heavy atom. The van der Waals surface area contributed by atoms with Gasteiger partial charge in [0.2, 0.25) is 6.41 Å². The Labute approximate surface area is 121 Å². The third-order valence-electron chi connectivity index (χ3n) is 3.49. The van der Waals surface area contributed by atoms with Crippen molar-refractivity contribution in [2.24, 2.45) is 5.92 Å². The second-order valence-electron chi connectivity index (χ2n) is 4.94. The maximum Gasteiger partial charge on any atom is 0.290 e. The molecule has 0 spiro atoms. The molecule has 0 N–H and O–H groups in total. The lowest BCUT2D eigenvalue weighted by atomic mass is 9.99. The second kappa shape index (κ2) is 6.70. The van der Waals surface area contributed by atoms with Crippen molar-refractivity contribution in [1.82, 2.24) is 4.90 Å². The smallest absolute Gasteiger partial charge is 0.290 e. The van der Waals surface area contributed by atoms with Gasteiger partial charge >= 0.3 is 0 Å². The van der Waals surface area contributed by atoms with Gasteiger partial charge in [-0.25, -0.2) is 0 Å². The van der Waals surface area contributed by atoms with Crippen LogP contribution >= 0.6 is 0 Å². The molecule has 1 unspecified atom stereocenters. The van der Waals surface area contributed by atoms with Crippen molar-refractivity contribution in [3.05, 3.63) is 33.9 Å². The van der Waals surface area contributed by atoms with Crippen LogP contribution in [0.15, 0.2) is 18.2 Å². The fraction of sp³-hybridized carbons (Fsp3) is 0.429. The summed E-state index contributed by atoms with van der Waals surface area (Å²) in [6.07, 6.45) is 2.66. The third kappa shape index (κ3) is 3.48. The zero-order valence-electron chi connectivity index (χ0n) is 11.4. The molecule has 0 radical (unpaired) electrons. The molecule has 110 valence electrons. The second-order valence-corrected chi connectivity index (χ2v) is 4.94. The summed E-state index contributed by atoms with van der Waals surface area (Å²) >= 11 is 0. The molecule has 0 aromatic heterocycles. The molecule has 0 bridgehead atoms. The number of carbonyl (C=O) groups is 1. The van der Waals surface area contributed by atoms with E-state index in [4.69, 9.17) is 10.00 Å². The first kappa shape index (κ1) is 14.8. The van der Waals surface area contributed by atoms with E-state index in [9.17, 15) is 14.9 Å². The van der Waals surface area contributed by atoms with Crippen LogP contribution < -0.4 is 4.74 Å². The van der Waals surface area contributed by atoms with E-state index in [2.05, 4.69) is 0 Å². The molecule has 2 rings (SSSR count). The summed E-state index contributed by atoms with van der Waals surface area (Å²) in [5, 5.41) is 20.0. The van der Waals surface area contributed by atoms with Crippen molar-refractivity contribution in [2.45, 2.75) is 12.8 Å². The van der Waals surface area contributed by atoms with Crippen LogP contribution in [0.1, 0.15) is 18.4 Å². The fourth-order valence-corrected chi connectivity index (χ4v) is 2.44. The highest BCUT2D eigenvalue weighted by molar-refractivity contribution is 5.56. The van der Waals surface area contributed by atoms with E-state index in [-0.39, 0.29) is 22.9 Å². The summed E-state index contributed by atoms with van der Waals surface area (Å²) in [5.74, 6) is 0.393. The van der Waals surface area contributed by atoms with Gasteiger partial charge in [0.05, 0.1) is 11.5 Å². The Balaban J connectivity index is 2.06. The van der Waals surface area contributed by atoms with E-state index in [0.717, 1.165) is 25.8 Å². The van der Waals surface area contributed by atoms with Gasteiger partial charge in [0.1, 0.15) is 11.8 Å². The minimum absolute atomic E-state index is 0.0643. The zero-order chi connectivity index (χ0) is 15.2. The summed E-state index contributed by atoms with van der Waals surface area (Å²) in [4.78, 5) is 22.7. The Bertz CT molecular complexity index is 582. The molecule has 1 aliphatic heterocycles. The highest BCUT2D eigenvalue weighted by Gasteiger charge is 2.22. The molecule has 1 heterocycles. The number of amides is 1. The van der Waals surface area contributed by atoms with Gasteiger partial charge in [-0.05, 0) is 18.9 Å². The van der Waals surface area contributed by atoms with Crippen molar-refractivity contribution < 1.29 is 14.5 Å². The largest absolute Gasteiger partial charge is 0.492 e. The van der Waals surface area contributed by atoms with Gasteiger partial charge in [0, 0.05) is 25.1 Å². The van der Waals surface area contributed by atoms with E-state index in [1.165, 1.54) is 12.1 Å². The number of hydrogen-bond donors (Lipinski definition) is 0. The highest BCUT2D eigenvalue weighted by Crippen LogP contribution is 2.28. The quantitative estimate of drug-likeness (QED) is 0.467. The summed E-state index contributed by atoms with van der Waals surface area (Å²) in [7, 11) is 0. The van der Waals surface area contributed by atoms with E-state index in [1.807, 2.05) is 6.07 Å².